The van der Waals surface area contributed by atoms with E-state index in [-0.39, 0.29) is 10.6 Å². The predicted molar refractivity (Wildman–Crippen MR) is 127 cm³/mol. The summed E-state index contributed by atoms with van der Waals surface area (Å²) in [7, 11) is -4.38. The monoisotopic (exact) mass is 510 g/mol. The molecule has 0 saturated carbocycles. The first kappa shape index (κ1) is 25.6. The smallest absolute Gasteiger partial charge is 0.324 e. The highest BCUT2D eigenvalue weighted by molar-refractivity contribution is 7.92. The number of anilines is 2. The molecular weight excluding hydrogens is 489 g/mol. The van der Waals surface area contributed by atoms with Crippen molar-refractivity contribution in [1.29, 1.82) is 0 Å². The fourth-order valence-electron chi connectivity index (χ4n) is 3.43. The molecule has 0 atom stereocenters. The second kappa shape index (κ2) is 10.1. The van der Waals surface area contributed by atoms with Crippen molar-refractivity contribution in [3.8, 4) is 0 Å². The molecule has 0 aliphatic rings. The molecule has 0 fully saturated rings. The van der Waals surface area contributed by atoms with E-state index in [0.29, 0.717) is 22.5 Å². The molecule has 0 spiro atoms. The van der Waals surface area contributed by atoms with Gasteiger partial charge in [-0.25, -0.2) is 8.42 Å². The van der Waals surface area contributed by atoms with Gasteiger partial charge < -0.3 is 5.32 Å². The quantitative estimate of drug-likeness (QED) is 0.420. The van der Waals surface area contributed by atoms with E-state index in [1.807, 2.05) is 19.1 Å². The highest BCUT2D eigenvalue weighted by Crippen LogP contribution is 2.38. The molecule has 1 amide bonds. The van der Waals surface area contributed by atoms with Crippen LogP contribution in [-0.4, -0.2) is 20.9 Å². The van der Waals surface area contributed by atoms with Crippen molar-refractivity contribution in [2.75, 3.05) is 16.2 Å². The summed E-state index contributed by atoms with van der Waals surface area (Å²) in [6.07, 6.45) is -4.19. The molecule has 10 heteroatoms. The number of hydrogen-bond donors (Lipinski definition) is 1. The van der Waals surface area contributed by atoms with Crippen LogP contribution in [0.1, 0.15) is 23.6 Å². The Morgan fingerprint density at radius 1 is 1.03 bits per heavy atom. The number of nitrogens with one attached hydrogen (secondary N) is 1. The second-order valence-corrected chi connectivity index (χ2v) is 9.77. The van der Waals surface area contributed by atoms with Crippen LogP contribution in [0.5, 0.6) is 0 Å². The molecule has 3 rings (SSSR count). The van der Waals surface area contributed by atoms with Gasteiger partial charge in [-0.2, -0.15) is 13.2 Å². The van der Waals surface area contributed by atoms with E-state index in [9.17, 15) is 26.4 Å². The lowest BCUT2D eigenvalue weighted by Gasteiger charge is -2.25. The molecule has 0 aromatic heterocycles. The minimum Gasteiger partial charge on any atom is -0.324 e. The van der Waals surface area contributed by atoms with Crippen molar-refractivity contribution >= 4 is 38.9 Å². The van der Waals surface area contributed by atoms with Crippen molar-refractivity contribution in [2.24, 2.45) is 0 Å². The van der Waals surface area contributed by atoms with Gasteiger partial charge in [-0.1, -0.05) is 54.9 Å². The normalized spacial score (nSPS) is 11.8. The Hall–Kier alpha value is -3.04. The Balaban J connectivity index is 2.06. The van der Waals surface area contributed by atoms with Crippen LogP contribution in [0.4, 0.5) is 24.5 Å². The molecule has 1 N–H and O–H groups in total. The van der Waals surface area contributed by atoms with Crippen LogP contribution in [0.2, 0.25) is 5.02 Å². The first-order valence-electron chi connectivity index (χ1n) is 10.3. The number of amides is 1. The predicted octanol–water partition coefficient (Wildman–Crippen LogP) is 6.06. The van der Waals surface area contributed by atoms with E-state index in [1.165, 1.54) is 24.3 Å². The maximum Gasteiger partial charge on any atom is 0.417 e. The molecule has 3 aromatic carbocycles. The maximum atomic E-state index is 13.5. The van der Waals surface area contributed by atoms with Crippen LogP contribution in [0, 0.1) is 6.92 Å². The van der Waals surface area contributed by atoms with Crippen LogP contribution in [0.15, 0.2) is 71.6 Å². The number of carbonyl (C=O) groups excluding carboxylic acids is 1. The number of benzene rings is 3. The van der Waals surface area contributed by atoms with Crippen molar-refractivity contribution in [3.63, 3.8) is 0 Å². The van der Waals surface area contributed by atoms with Gasteiger partial charge in [0, 0.05) is 5.69 Å². The Labute approximate surface area is 201 Å². The van der Waals surface area contributed by atoms with E-state index in [0.717, 1.165) is 23.3 Å². The number of rotatable bonds is 7. The van der Waals surface area contributed by atoms with Gasteiger partial charge in [-0.15, -0.1) is 0 Å². The Morgan fingerprint density at radius 2 is 1.71 bits per heavy atom. The Kier molecular flexibility index (Phi) is 7.57. The second-order valence-electron chi connectivity index (χ2n) is 7.50. The summed E-state index contributed by atoms with van der Waals surface area (Å²) in [5, 5.41) is 2.14. The molecule has 0 aliphatic carbocycles. The van der Waals surface area contributed by atoms with Crippen LogP contribution in [-0.2, 0) is 27.4 Å². The fraction of sp³-hybridized carbons (Fsp3) is 0.208. The highest BCUT2D eigenvalue weighted by atomic mass is 35.5. The topological polar surface area (TPSA) is 66.5 Å². The number of alkyl halides is 3. The molecule has 3 aromatic rings. The van der Waals surface area contributed by atoms with E-state index in [2.05, 4.69) is 5.32 Å². The fourth-order valence-corrected chi connectivity index (χ4v) is 5.09. The molecule has 0 heterocycles. The molecular formula is C24H22ClF3N2O3S. The number of hydrogen-bond acceptors (Lipinski definition) is 3. The third-order valence-corrected chi connectivity index (χ3v) is 7.28. The van der Waals surface area contributed by atoms with Crippen molar-refractivity contribution in [1.82, 2.24) is 0 Å². The average molecular weight is 511 g/mol. The largest absolute Gasteiger partial charge is 0.417 e. The number of nitrogens with zero attached hydrogens (tertiary/aromatic N) is 1. The third-order valence-electron chi connectivity index (χ3n) is 5.17. The number of sulfonamides is 1. The van der Waals surface area contributed by atoms with Gasteiger partial charge in [0.2, 0.25) is 5.91 Å². The van der Waals surface area contributed by atoms with Crippen molar-refractivity contribution < 1.29 is 26.4 Å². The Bertz CT molecular complexity index is 1300. The lowest BCUT2D eigenvalue weighted by molar-refractivity contribution is -0.137. The molecule has 0 aliphatic heterocycles. The zero-order valence-corrected chi connectivity index (χ0v) is 19.9. The summed E-state index contributed by atoms with van der Waals surface area (Å²) in [5.74, 6) is -0.702. The van der Waals surface area contributed by atoms with Gasteiger partial charge in [0.1, 0.15) is 6.54 Å². The number of para-hydroxylation sites is 1. The number of carbonyl (C=O) groups is 1. The Morgan fingerprint density at radius 3 is 2.32 bits per heavy atom. The van der Waals surface area contributed by atoms with Crippen LogP contribution in [0.3, 0.4) is 0 Å². The number of aryl methyl sites for hydroxylation is 2. The lowest BCUT2D eigenvalue weighted by Crippen LogP contribution is -2.38. The molecule has 0 radical (unpaired) electrons. The standard InChI is InChI=1S/C24H22ClF3N2O3S/c1-3-17-9-7-8-16(2)23(17)29-22(31)15-30(34(32,33)19-10-5-4-6-11-19)18-12-13-21(25)20(14-18)24(26,27)28/h4-14H,3,15H2,1-2H3,(H,29,31). The van der Waals surface area contributed by atoms with Gasteiger partial charge in [-0.05, 0) is 54.8 Å². The van der Waals surface area contributed by atoms with Gasteiger partial charge in [0.25, 0.3) is 10.0 Å². The first-order valence-corrected chi connectivity index (χ1v) is 12.1. The summed E-state index contributed by atoms with van der Waals surface area (Å²) in [4.78, 5) is 12.8. The van der Waals surface area contributed by atoms with Crippen molar-refractivity contribution in [2.45, 2.75) is 31.3 Å². The summed E-state index contributed by atoms with van der Waals surface area (Å²) in [5.41, 5.74) is 0.621. The molecule has 0 bridgehead atoms. The van der Waals surface area contributed by atoms with E-state index in [1.54, 1.807) is 19.1 Å². The average Bonchev–Trinajstić information content (AvgIpc) is 2.79. The molecule has 5 nitrogen and oxygen atoms in total. The SMILES string of the molecule is CCc1cccc(C)c1NC(=O)CN(c1ccc(Cl)c(C(F)(F)F)c1)S(=O)(=O)c1ccccc1. The van der Waals surface area contributed by atoms with Gasteiger partial charge >= 0.3 is 6.18 Å². The summed E-state index contributed by atoms with van der Waals surface area (Å²) >= 11 is 5.71. The molecule has 180 valence electrons. The zero-order valence-electron chi connectivity index (χ0n) is 18.4. The number of halogens is 4. The summed E-state index contributed by atoms with van der Waals surface area (Å²) < 4.78 is 67.8. The minimum atomic E-state index is -4.81. The molecule has 0 saturated heterocycles. The first-order chi connectivity index (χ1) is 15.9. The van der Waals surface area contributed by atoms with Gasteiger partial charge in [0.15, 0.2) is 0 Å². The van der Waals surface area contributed by atoms with E-state index in [4.69, 9.17) is 11.6 Å². The summed E-state index contributed by atoms with van der Waals surface area (Å²) in [6, 6.07) is 15.4. The molecule has 34 heavy (non-hydrogen) atoms. The summed E-state index contributed by atoms with van der Waals surface area (Å²) in [6.45, 7) is 2.96. The minimum absolute atomic E-state index is 0.170. The highest BCUT2D eigenvalue weighted by Gasteiger charge is 2.35. The lowest BCUT2D eigenvalue weighted by atomic mass is 10.1. The van der Waals surface area contributed by atoms with Gasteiger partial charge in [-0.3, -0.25) is 9.10 Å². The third kappa shape index (κ3) is 5.53. The van der Waals surface area contributed by atoms with E-state index >= 15 is 0 Å². The van der Waals surface area contributed by atoms with E-state index < -0.39 is 39.2 Å². The van der Waals surface area contributed by atoms with Crippen LogP contribution in [0.25, 0.3) is 0 Å². The van der Waals surface area contributed by atoms with Crippen molar-refractivity contribution in [3.05, 3.63) is 88.4 Å². The molecule has 0 unspecified atom stereocenters. The van der Waals surface area contributed by atoms with Crippen LogP contribution >= 0.6 is 11.6 Å². The van der Waals surface area contributed by atoms with Crippen LogP contribution < -0.4 is 9.62 Å². The maximum absolute atomic E-state index is 13.5. The zero-order chi connectivity index (χ0) is 25.1. The van der Waals surface area contributed by atoms with Gasteiger partial charge in [0.05, 0.1) is 21.2 Å².